The lowest BCUT2D eigenvalue weighted by Crippen LogP contribution is -2.12. The molecule has 0 radical (unpaired) electrons. The van der Waals surface area contributed by atoms with Crippen LogP contribution in [0.3, 0.4) is 0 Å². The standard InChI is InChI=1S/C20H19N5O4S/c1-11-7-12(2)23-13(3)18(11)29-20-17(25-30(4,27)28)6-5-16(24-20)15-8-14(9-21)19(26)22-10-15/h5-8,10,25H,1-4H3,(H,22,26). The van der Waals surface area contributed by atoms with Gasteiger partial charge in [-0.3, -0.25) is 14.5 Å². The second kappa shape index (κ2) is 7.96. The third-order valence-corrected chi connectivity index (χ3v) is 4.72. The molecule has 154 valence electrons. The number of sulfonamides is 1. The minimum Gasteiger partial charge on any atom is -0.435 e. The minimum absolute atomic E-state index is 0.0134. The van der Waals surface area contributed by atoms with Crippen molar-refractivity contribution in [3.05, 3.63) is 63.3 Å². The van der Waals surface area contributed by atoms with Gasteiger partial charge in [-0.2, -0.15) is 5.26 Å². The topological polar surface area (TPSA) is 138 Å². The zero-order valence-electron chi connectivity index (χ0n) is 16.8. The smallest absolute Gasteiger partial charge is 0.265 e. The average molecular weight is 425 g/mol. The van der Waals surface area contributed by atoms with Crippen molar-refractivity contribution >= 4 is 15.7 Å². The van der Waals surface area contributed by atoms with Crippen molar-refractivity contribution in [2.45, 2.75) is 20.8 Å². The molecule has 9 nitrogen and oxygen atoms in total. The molecular formula is C20H19N5O4S. The Kier molecular flexibility index (Phi) is 5.58. The Bertz CT molecular complexity index is 1320. The van der Waals surface area contributed by atoms with Crippen LogP contribution in [0.4, 0.5) is 5.69 Å². The number of H-pyrrole nitrogens is 1. The summed E-state index contributed by atoms with van der Waals surface area (Å²) in [7, 11) is -3.59. The highest BCUT2D eigenvalue weighted by molar-refractivity contribution is 7.92. The molecule has 0 bridgehead atoms. The Morgan fingerprint density at radius 1 is 1.17 bits per heavy atom. The van der Waals surface area contributed by atoms with E-state index in [0.29, 0.717) is 22.7 Å². The highest BCUT2D eigenvalue weighted by atomic mass is 32.2. The van der Waals surface area contributed by atoms with E-state index in [1.54, 1.807) is 13.0 Å². The van der Waals surface area contributed by atoms with E-state index >= 15 is 0 Å². The molecule has 0 aliphatic heterocycles. The van der Waals surface area contributed by atoms with Crippen LogP contribution >= 0.6 is 0 Å². The van der Waals surface area contributed by atoms with Crippen molar-refractivity contribution < 1.29 is 13.2 Å². The number of ether oxygens (including phenoxy) is 1. The maximum absolute atomic E-state index is 11.8. The summed E-state index contributed by atoms with van der Waals surface area (Å²) in [6, 6.07) is 8.13. The van der Waals surface area contributed by atoms with Crippen molar-refractivity contribution in [1.82, 2.24) is 15.0 Å². The number of aryl methyl sites for hydroxylation is 3. The van der Waals surface area contributed by atoms with Crippen LogP contribution in [0.2, 0.25) is 0 Å². The number of nitrogens with one attached hydrogen (secondary N) is 2. The molecule has 0 unspecified atom stereocenters. The molecule has 10 heteroatoms. The molecule has 30 heavy (non-hydrogen) atoms. The predicted octanol–water partition coefficient (Wildman–Crippen LogP) is 2.79. The van der Waals surface area contributed by atoms with Crippen LogP contribution in [-0.2, 0) is 10.0 Å². The van der Waals surface area contributed by atoms with Gasteiger partial charge in [0.1, 0.15) is 17.3 Å². The molecule has 0 saturated carbocycles. The van der Waals surface area contributed by atoms with E-state index in [0.717, 1.165) is 17.5 Å². The molecule has 3 rings (SSSR count). The van der Waals surface area contributed by atoms with E-state index in [2.05, 4.69) is 19.7 Å². The Hall–Kier alpha value is -3.71. The fraction of sp³-hybridized carbons (Fsp3) is 0.200. The SMILES string of the molecule is Cc1cc(C)c(Oc2nc(-c3c[nH]c(=O)c(C#N)c3)ccc2NS(C)(=O)=O)c(C)n1. The number of aromatic nitrogens is 3. The molecule has 0 aliphatic rings. The third kappa shape index (κ3) is 4.64. The first-order valence-electron chi connectivity index (χ1n) is 8.82. The van der Waals surface area contributed by atoms with Gasteiger partial charge in [0.25, 0.3) is 5.56 Å². The number of aromatic amines is 1. The summed E-state index contributed by atoms with van der Waals surface area (Å²) >= 11 is 0. The fourth-order valence-corrected chi connectivity index (χ4v) is 3.49. The number of anilines is 1. The lowest BCUT2D eigenvalue weighted by Gasteiger charge is -2.15. The van der Waals surface area contributed by atoms with Gasteiger partial charge < -0.3 is 9.72 Å². The largest absolute Gasteiger partial charge is 0.435 e. The number of hydrogen-bond acceptors (Lipinski definition) is 7. The molecule has 0 fully saturated rings. The van der Waals surface area contributed by atoms with Gasteiger partial charge in [0, 0.05) is 17.5 Å². The predicted molar refractivity (Wildman–Crippen MR) is 112 cm³/mol. The highest BCUT2D eigenvalue weighted by Gasteiger charge is 2.17. The highest BCUT2D eigenvalue weighted by Crippen LogP contribution is 2.34. The van der Waals surface area contributed by atoms with Crippen molar-refractivity contribution in [2.24, 2.45) is 0 Å². The number of rotatable bonds is 5. The first-order valence-corrected chi connectivity index (χ1v) is 10.7. The monoisotopic (exact) mass is 425 g/mol. The third-order valence-electron chi connectivity index (χ3n) is 4.13. The van der Waals surface area contributed by atoms with Gasteiger partial charge in [-0.1, -0.05) is 0 Å². The molecule has 3 heterocycles. The Labute approximate surface area is 173 Å². The number of nitriles is 1. The second-order valence-electron chi connectivity index (χ2n) is 6.76. The number of nitrogens with zero attached hydrogens (tertiary/aromatic N) is 3. The molecule has 0 saturated heterocycles. The Morgan fingerprint density at radius 3 is 2.53 bits per heavy atom. The molecule has 0 spiro atoms. The number of hydrogen-bond donors (Lipinski definition) is 2. The zero-order chi connectivity index (χ0) is 22.1. The molecular weight excluding hydrogens is 406 g/mol. The van der Waals surface area contributed by atoms with Crippen LogP contribution in [0.25, 0.3) is 11.3 Å². The summed E-state index contributed by atoms with van der Waals surface area (Å²) in [6.45, 7) is 5.50. The lowest BCUT2D eigenvalue weighted by atomic mass is 10.1. The quantitative estimate of drug-likeness (QED) is 0.641. The van der Waals surface area contributed by atoms with Gasteiger partial charge >= 0.3 is 0 Å². The van der Waals surface area contributed by atoms with E-state index in [4.69, 9.17) is 10.00 Å². The summed E-state index contributed by atoms with van der Waals surface area (Å²) in [5.41, 5.74) is 2.68. The van der Waals surface area contributed by atoms with Crippen molar-refractivity contribution in [3.8, 4) is 29.0 Å². The first-order chi connectivity index (χ1) is 14.1. The van der Waals surface area contributed by atoms with Crippen LogP contribution in [-0.4, -0.2) is 29.6 Å². The molecule has 3 aromatic heterocycles. The van der Waals surface area contributed by atoms with E-state index in [9.17, 15) is 13.2 Å². The van der Waals surface area contributed by atoms with Gasteiger partial charge in [-0.25, -0.2) is 13.4 Å². The van der Waals surface area contributed by atoms with Gasteiger partial charge in [-0.05, 0) is 50.6 Å². The van der Waals surface area contributed by atoms with Gasteiger partial charge in [-0.15, -0.1) is 0 Å². The van der Waals surface area contributed by atoms with Crippen molar-refractivity contribution in [3.63, 3.8) is 0 Å². The van der Waals surface area contributed by atoms with Crippen molar-refractivity contribution in [2.75, 3.05) is 11.0 Å². The molecule has 0 atom stereocenters. The van der Waals surface area contributed by atoms with Crippen LogP contribution in [0.5, 0.6) is 11.6 Å². The Morgan fingerprint density at radius 2 is 1.90 bits per heavy atom. The van der Waals surface area contributed by atoms with E-state index in [-0.39, 0.29) is 17.1 Å². The first kappa shape index (κ1) is 21.0. The van der Waals surface area contributed by atoms with Crippen LogP contribution in [0.15, 0.2) is 35.3 Å². The molecule has 3 aromatic rings. The van der Waals surface area contributed by atoms with Gasteiger partial charge in [0.15, 0.2) is 5.75 Å². The van der Waals surface area contributed by atoms with Crippen LogP contribution in [0.1, 0.15) is 22.5 Å². The summed E-state index contributed by atoms with van der Waals surface area (Å²) in [5.74, 6) is 0.473. The molecule has 0 aliphatic carbocycles. The second-order valence-corrected chi connectivity index (χ2v) is 8.51. The number of pyridine rings is 3. The molecule has 2 N–H and O–H groups in total. The lowest BCUT2D eigenvalue weighted by molar-refractivity contribution is 0.455. The summed E-state index contributed by atoms with van der Waals surface area (Å²) in [6.07, 6.45) is 2.44. The van der Waals surface area contributed by atoms with E-state index < -0.39 is 15.6 Å². The molecule has 0 amide bonds. The molecule has 0 aromatic carbocycles. The normalized spacial score (nSPS) is 11.0. The zero-order valence-corrected chi connectivity index (χ0v) is 17.6. The van der Waals surface area contributed by atoms with E-state index in [1.165, 1.54) is 18.3 Å². The van der Waals surface area contributed by atoms with E-state index in [1.807, 2.05) is 26.0 Å². The summed E-state index contributed by atoms with van der Waals surface area (Å²) in [4.78, 5) is 22.9. The van der Waals surface area contributed by atoms with Crippen LogP contribution in [0, 0.1) is 32.1 Å². The Balaban J connectivity index is 2.15. The van der Waals surface area contributed by atoms with Crippen LogP contribution < -0.4 is 15.0 Å². The van der Waals surface area contributed by atoms with Gasteiger partial charge in [0.2, 0.25) is 15.9 Å². The van der Waals surface area contributed by atoms with Gasteiger partial charge in [0.05, 0.1) is 17.6 Å². The fourth-order valence-electron chi connectivity index (χ4n) is 2.93. The average Bonchev–Trinajstić information content (AvgIpc) is 2.65. The maximum atomic E-state index is 11.8. The summed E-state index contributed by atoms with van der Waals surface area (Å²) in [5, 5.41) is 9.10. The van der Waals surface area contributed by atoms with Crippen molar-refractivity contribution in [1.29, 1.82) is 5.26 Å². The summed E-state index contributed by atoms with van der Waals surface area (Å²) < 4.78 is 31.9. The maximum Gasteiger partial charge on any atom is 0.265 e. The minimum atomic E-state index is -3.59.